The molecule has 0 atom stereocenters. The van der Waals surface area contributed by atoms with Crippen molar-refractivity contribution in [2.45, 2.75) is 20.8 Å². The third-order valence-corrected chi connectivity index (χ3v) is 10.8. The Morgan fingerprint density at radius 2 is 1.40 bits per heavy atom. The van der Waals surface area contributed by atoms with Crippen molar-refractivity contribution >= 4 is 51.7 Å². The molecule has 0 fully saturated rings. The van der Waals surface area contributed by atoms with Gasteiger partial charge >= 0.3 is 5.97 Å². The van der Waals surface area contributed by atoms with E-state index in [0.29, 0.717) is 5.69 Å². The molecule has 0 saturated heterocycles. The monoisotopic (exact) mass is 570 g/mol. The van der Waals surface area contributed by atoms with Crippen molar-refractivity contribution < 1.29 is 9.53 Å². The molecule has 0 N–H and O–H groups in total. The first-order valence-electron chi connectivity index (χ1n) is 13.9. The lowest BCUT2D eigenvalue weighted by Crippen LogP contribution is -2.26. The number of imidazole rings is 1. The van der Waals surface area contributed by atoms with Crippen LogP contribution in [0.2, 0.25) is 0 Å². The fraction of sp³-hybridized carbons (Fsp3) is 0.114. The van der Waals surface area contributed by atoms with Crippen LogP contribution in [0.25, 0.3) is 22.8 Å². The second-order valence-electron chi connectivity index (χ2n) is 10.0. The minimum Gasteiger partial charge on any atom is -0.461 e. The van der Waals surface area contributed by atoms with Crippen molar-refractivity contribution in [3.63, 3.8) is 0 Å². The number of hydrogen-bond acceptors (Lipinski definition) is 5. The Bertz CT molecular complexity index is 1880. The van der Waals surface area contributed by atoms with E-state index in [-0.39, 0.29) is 12.3 Å². The Kier molecular flexibility index (Phi) is 7.56. The highest BCUT2D eigenvalue weighted by Crippen LogP contribution is 2.48. The van der Waals surface area contributed by atoms with E-state index in [1.807, 2.05) is 84.3 Å². The van der Waals surface area contributed by atoms with Crippen LogP contribution < -0.4 is 15.9 Å². The number of benzene rings is 3. The van der Waals surface area contributed by atoms with Gasteiger partial charge in [-0.3, -0.25) is 4.40 Å². The fourth-order valence-corrected chi connectivity index (χ4v) is 8.85. The Labute approximate surface area is 245 Å². The summed E-state index contributed by atoms with van der Waals surface area (Å²) in [5, 5.41) is 4.16. The van der Waals surface area contributed by atoms with Crippen LogP contribution in [0, 0.1) is 13.8 Å². The van der Waals surface area contributed by atoms with E-state index in [0.717, 1.165) is 43.9 Å². The van der Waals surface area contributed by atoms with E-state index >= 15 is 0 Å². The van der Waals surface area contributed by atoms with E-state index in [1.54, 1.807) is 13.0 Å². The SMILES string of the molecule is CCOC(=O)/C(=C/c1cn2c(ccc3c(C)cc(C)nc32)n1)N=P(c1ccccc1)(c1ccccc1)c1ccccc1. The highest BCUT2D eigenvalue weighted by Gasteiger charge is 2.29. The van der Waals surface area contributed by atoms with Gasteiger partial charge in [0, 0.05) is 33.2 Å². The van der Waals surface area contributed by atoms with E-state index in [2.05, 4.69) is 49.4 Å². The summed E-state index contributed by atoms with van der Waals surface area (Å²) in [5.74, 6) is -0.489. The standard InChI is InChI=1S/C35H31N4O2P/c1-4-41-35(40)32(23-27-24-39-33(37-27)21-20-31-25(2)22-26(3)36-34(31)39)38-42(28-14-8-5-9-15-28,29-16-10-6-11-17-29)30-18-12-7-13-19-30/h5-24H,4H2,1-3H3/b32-23-. The molecule has 0 aliphatic rings. The second-order valence-corrected chi connectivity index (χ2v) is 13.1. The summed E-state index contributed by atoms with van der Waals surface area (Å²) in [4.78, 5) is 23.3. The van der Waals surface area contributed by atoms with E-state index in [4.69, 9.17) is 19.4 Å². The smallest absolute Gasteiger partial charge is 0.356 e. The molecule has 3 aromatic heterocycles. The van der Waals surface area contributed by atoms with Crippen LogP contribution in [0.5, 0.6) is 0 Å². The molecule has 0 spiro atoms. The molecular weight excluding hydrogens is 539 g/mol. The van der Waals surface area contributed by atoms with Crippen LogP contribution in [0.1, 0.15) is 23.9 Å². The topological polar surface area (TPSA) is 68.8 Å². The van der Waals surface area contributed by atoms with Crippen molar-refractivity contribution in [1.82, 2.24) is 14.4 Å². The van der Waals surface area contributed by atoms with Crippen LogP contribution in [-0.4, -0.2) is 26.9 Å². The zero-order valence-corrected chi connectivity index (χ0v) is 24.7. The lowest BCUT2D eigenvalue weighted by Gasteiger charge is -2.27. The fourth-order valence-electron chi connectivity index (χ4n) is 5.33. The number of pyridine rings is 2. The van der Waals surface area contributed by atoms with Gasteiger partial charge in [-0.05, 0) is 50.6 Å². The van der Waals surface area contributed by atoms with Gasteiger partial charge in [0.25, 0.3) is 0 Å². The van der Waals surface area contributed by atoms with Gasteiger partial charge < -0.3 is 4.74 Å². The molecule has 42 heavy (non-hydrogen) atoms. The largest absolute Gasteiger partial charge is 0.461 e. The van der Waals surface area contributed by atoms with Crippen LogP contribution in [-0.2, 0) is 9.53 Å². The first-order chi connectivity index (χ1) is 20.5. The van der Waals surface area contributed by atoms with Gasteiger partial charge in [-0.15, -0.1) is 0 Å². The summed E-state index contributed by atoms with van der Waals surface area (Å²) in [6, 6.07) is 36.7. The summed E-state index contributed by atoms with van der Waals surface area (Å²) >= 11 is 0. The maximum absolute atomic E-state index is 13.6. The highest BCUT2D eigenvalue weighted by molar-refractivity contribution is 7.87. The van der Waals surface area contributed by atoms with Gasteiger partial charge in [0.1, 0.15) is 17.0 Å². The molecular formula is C35H31N4O2P. The zero-order chi connectivity index (χ0) is 29.1. The average Bonchev–Trinajstić information content (AvgIpc) is 3.44. The summed E-state index contributed by atoms with van der Waals surface area (Å²) in [7, 11) is -2.70. The highest BCUT2D eigenvalue weighted by atomic mass is 31.2. The molecule has 0 amide bonds. The molecule has 3 aromatic carbocycles. The summed E-state index contributed by atoms with van der Waals surface area (Å²) in [6.45, 7) is 6.10. The first kappa shape index (κ1) is 27.4. The summed E-state index contributed by atoms with van der Waals surface area (Å²) in [6.07, 6.45) is 3.65. The lowest BCUT2D eigenvalue weighted by atomic mass is 10.1. The third kappa shape index (κ3) is 5.06. The van der Waals surface area contributed by atoms with Gasteiger partial charge in [0.2, 0.25) is 0 Å². The van der Waals surface area contributed by atoms with Gasteiger partial charge in [0.05, 0.1) is 19.4 Å². The van der Waals surface area contributed by atoms with Crippen molar-refractivity contribution in [2.24, 2.45) is 4.74 Å². The van der Waals surface area contributed by atoms with Crippen molar-refractivity contribution in [3.8, 4) is 0 Å². The maximum Gasteiger partial charge on any atom is 0.356 e. The van der Waals surface area contributed by atoms with Gasteiger partial charge in [0.15, 0.2) is 0 Å². The van der Waals surface area contributed by atoms with E-state index < -0.39 is 13.0 Å². The predicted molar refractivity (Wildman–Crippen MR) is 172 cm³/mol. The van der Waals surface area contributed by atoms with Crippen LogP contribution in [0.3, 0.4) is 0 Å². The molecule has 6 rings (SSSR count). The summed E-state index contributed by atoms with van der Waals surface area (Å²) in [5.41, 5.74) is 4.47. The molecule has 7 heteroatoms. The number of esters is 1. The number of carbonyl (C=O) groups is 1. The molecule has 208 valence electrons. The molecule has 0 aliphatic carbocycles. The molecule has 0 bridgehead atoms. The van der Waals surface area contributed by atoms with Gasteiger partial charge in [-0.2, -0.15) is 0 Å². The van der Waals surface area contributed by atoms with Crippen molar-refractivity contribution in [3.05, 3.63) is 138 Å². The number of ether oxygens (including phenoxy) is 1. The molecule has 3 heterocycles. The predicted octanol–water partition coefficient (Wildman–Crippen LogP) is 6.58. The summed E-state index contributed by atoms with van der Waals surface area (Å²) < 4.78 is 13.0. The van der Waals surface area contributed by atoms with E-state index in [9.17, 15) is 4.79 Å². The molecule has 6 nitrogen and oxygen atoms in total. The van der Waals surface area contributed by atoms with Crippen LogP contribution >= 0.6 is 7.05 Å². The molecule has 0 radical (unpaired) electrons. The molecule has 6 aromatic rings. The Hall–Kier alpha value is -4.80. The number of hydrogen-bond donors (Lipinski definition) is 0. The second kappa shape index (κ2) is 11.6. The van der Waals surface area contributed by atoms with Crippen molar-refractivity contribution in [1.29, 1.82) is 0 Å². The molecule has 0 aliphatic heterocycles. The van der Waals surface area contributed by atoms with Crippen molar-refractivity contribution in [2.75, 3.05) is 6.61 Å². The molecule has 0 unspecified atom stereocenters. The first-order valence-corrected chi connectivity index (χ1v) is 15.7. The number of fused-ring (bicyclic) bond motifs is 3. The number of nitrogens with zero attached hydrogens (tertiary/aromatic N) is 4. The molecule has 0 saturated carbocycles. The van der Waals surface area contributed by atoms with Crippen LogP contribution in [0.15, 0.2) is 126 Å². The number of carbonyl (C=O) groups excluding carboxylic acids is 1. The number of aromatic nitrogens is 3. The van der Waals surface area contributed by atoms with Gasteiger partial charge in [-0.25, -0.2) is 19.5 Å². The minimum absolute atomic E-state index is 0.217. The Morgan fingerprint density at radius 3 is 1.95 bits per heavy atom. The minimum atomic E-state index is -2.70. The van der Waals surface area contributed by atoms with E-state index in [1.165, 1.54) is 0 Å². The van der Waals surface area contributed by atoms with Crippen LogP contribution in [0.4, 0.5) is 0 Å². The maximum atomic E-state index is 13.6. The normalized spacial score (nSPS) is 12.0. The lowest BCUT2D eigenvalue weighted by molar-refractivity contribution is -0.138. The third-order valence-electron chi connectivity index (χ3n) is 7.17. The average molecular weight is 571 g/mol. The quantitative estimate of drug-likeness (QED) is 0.124. The number of rotatable bonds is 7. The zero-order valence-electron chi connectivity index (χ0n) is 23.8. The van der Waals surface area contributed by atoms with Gasteiger partial charge in [-0.1, -0.05) is 91.0 Å². The number of aryl methyl sites for hydroxylation is 2. The Balaban J connectivity index is 1.66. The Morgan fingerprint density at radius 1 is 0.833 bits per heavy atom.